The van der Waals surface area contributed by atoms with Crippen LogP contribution >= 0.6 is 11.8 Å². The van der Waals surface area contributed by atoms with E-state index in [0.717, 1.165) is 10.5 Å². The van der Waals surface area contributed by atoms with Gasteiger partial charge in [-0.3, -0.25) is 0 Å². The predicted molar refractivity (Wildman–Crippen MR) is 81.7 cm³/mol. The molecule has 0 atom stereocenters. The van der Waals surface area contributed by atoms with E-state index in [4.69, 9.17) is 0 Å². The maximum absolute atomic E-state index is 13.1. The summed E-state index contributed by atoms with van der Waals surface area (Å²) in [6, 6.07) is 10.3. The summed E-state index contributed by atoms with van der Waals surface area (Å²) >= 11 is 1.59. The number of thioether (sulfide) groups is 1. The Bertz CT molecular complexity index is 617. The summed E-state index contributed by atoms with van der Waals surface area (Å²) in [5, 5.41) is 18.6. The molecule has 0 aliphatic carbocycles. The van der Waals surface area contributed by atoms with Gasteiger partial charge >= 0.3 is 7.12 Å². The molecule has 0 amide bonds. The number of hydrogen-bond acceptors (Lipinski definition) is 3. The molecule has 0 fully saturated rings. The lowest BCUT2D eigenvalue weighted by Crippen LogP contribution is -2.33. The van der Waals surface area contributed by atoms with Crippen LogP contribution in [0.2, 0.25) is 0 Å². The van der Waals surface area contributed by atoms with Crippen molar-refractivity contribution in [2.24, 2.45) is 0 Å². The molecule has 104 valence electrons. The molecule has 2 rings (SSSR count). The van der Waals surface area contributed by atoms with Gasteiger partial charge < -0.3 is 10.0 Å². The minimum absolute atomic E-state index is 0.223. The second kappa shape index (κ2) is 6.44. The molecule has 2 aromatic carbocycles. The van der Waals surface area contributed by atoms with Gasteiger partial charge in [-0.1, -0.05) is 12.1 Å². The normalized spacial score (nSPS) is 10.7. The highest BCUT2D eigenvalue weighted by Crippen LogP contribution is 2.24. The lowest BCUT2D eigenvalue weighted by molar-refractivity contribution is 0.425. The fourth-order valence-electron chi connectivity index (χ4n) is 1.90. The van der Waals surface area contributed by atoms with Crippen molar-refractivity contribution in [3.05, 3.63) is 58.9 Å². The van der Waals surface area contributed by atoms with Crippen LogP contribution in [0.5, 0.6) is 0 Å². The van der Waals surface area contributed by atoms with Crippen LogP contribution in [0.25, 0.3) is 0 Å². The van der Waals surface area contributed by atoms with Crippen LogP contribution in [0.4, 0.5) is 4.39 Å². The Balaban J connectivity index is 2.16. The van der Waals surface area contributed by atoms with Gasteiger partial charge in [0, 0.05) is 10.6 Å². The Morgan fingerprint density at radius 2 is 1.80 bits per heavy atom. The first-order valence-electron chi connectivity index (χ1n) is 6.32. The maximum Gasteiger partial charge on any atom is 0.488 e. The minimum Gasteiger partial charge on any atom is -0.423 e. The van der Waals surface area contributed by atoms with Crippen molar-refractivity contribution in [1.82, 2.24) is 0 Å². The molecule has 0 aliphatic rings. The van der Waals surface area contributed by atoms with Gasteiger partial charge in [-0.05, 0) is 60.3 Å². The van der Waals surface area contributed by atoms with Crippen LogP contribution in [-0.4, -0.2) is 17.2 Å². The lowest BCUT2D eigenvalue weighted by atomic mass is 9.77. The summed E-state index contributed by atoms with van der Waals surface area (Å²) in [4.78, 5) is 1.11. The van der Waals surface area contributed by atoms with Crippen molar-refractivity contribution in [3.63, 3.8) is 0 Å². The van der Waals surface area contributed by atoms with E-state index in [9.17, 15) is 14.4 Å². The van der Waals surface area contributed by atoms with Gasteiger partial charge in [0.1, 0.15) is 5.82 Å². The van der Waals surface area contributed by atoms with Gasteiger partial charge in [0.2, 0.25) is 0 Å². The molecule has 0 aliphatic heterocycles. The van der Waals surface area contributed by atoms with E-state index in [1.54, 1.807) is 17.8 Å². The third-order valence-corrected chi connectivity index (χ3v) is 4.30. The van der Waals surface area contributed by atoms with Crippen molar-refractivity contribution in [2.75, 3.05) is 0 Å². The van der Waals surface area contributed by atoms with Crippen molar-refractivity contribution in [1.29, 1.82) is 0 Å². The Hall–Kier alpha value is -1.30. The molecule has 0 aromatic heterocycles. The van der Waals surface area contributed by atoms with Crippen LogP contribution in [-0.2, 0) is 5.75 Å². The summed E-state index contributed by atoms with van der Waals surface area (Å²) in [5.41, 5.74) is 3.41. The molecule has 2 N–H and O–H groups in total. The number of halogens is 1. The van der Waals surface area contributed by atoms with Crippen LogP contribution in [0, 0.1) is 19.7 Å². The summed E-state index contributed by atoms with van der Waals surface area (Å²) < 4.78 is 13.1. The standard InChI is InChI=1S/C15H16BFO2S/c1-10-3-6-14(7-11(10)2)20-9-12-4-5-13(17)8-15(12)16(18)19/h3-8,18-19H,9H2,1-2H3. The van der Waals surface area contributed by atoms with Crippen molar-refractivity contribution in [3.8, 4) is 0 Å². The molecule has 0 saturated heterocycles. The summed E-state index contributed by atoms with van der Waals surface area (Å²) in [5.74, 6) is 0.100. The van der Waals surface area contributed by atoms with E-state index in [1.807, 2.05) is 6.07 Å². The van der Waals surface area contributed by atoms with Crippen molar-refractivity contribution < 1.29 is 14.4 Å². The van der Waals surface area contributed by atoms with Gasteiger partial charge in [0.05, 0.1) is 0 Å². The highest BCUT2D eigenvalue weighted by Gasteiger charge is 2.16. The van der Waals surface area contributed by atoms with Crippen LogP contribution in [0.15, 0.2) is 41.3 Å². The van der Waals surface area contributed by atoms with E-state index in [2.05, 4.69) is 26.0 Å². The van der Waals surface area contributed by atoms with Crippen LogP contribution in [0.3, 0.4) is 0 Å². The molecule has 2 nitrogen and oxygen atoms in total. The molecule has 0 bridgehead atoms. The highest BCUT2D eigenvalue weighted by atomic mass is 32.2. The van der Waals surface area contributed by atoms with E-state index in [1.165, 1.54) is 23.3 Å². The third kappa shape index (κ3) is 3.63. The largest absolute Gasteiger partial charge is 0.488 e. The first-order chi connectivity index (χ1) is 9.47. The van der Waals surface area contributed by atoms with Gasteiger partial charge in [-0.25, -0.2) is 4.39 Å². The predicted octanol–water partition coefficient (Wildman–Crippen LogP) is 2.41. The molecule has 2 aromatic rings. The summed E-state index contributed by atoms with van der Waals surface area (Å²) in [6.07, 6.45) is 0. The SMILES string of the molecule is Cc1ccc(SCc2ccc(F)cc2B(O)O)cc1C. The third-order valence-electron chi connectivity index (χ3n) is 3.26. The second-order valence-electron chi connectivity index (χ2n) is 4.75. The number of aryl methyl sites for hydroxylation is 2. The van der Waals surface area contributed by atoms with Crippen molar-refractivity contribution in [2.45, 2.75) is 24.5 Å². The molecule has 0 spiro atoms. The van der Waals surface area contributed by atoms with Crippen molar-refractivity contribution >= 4 is 24.3 Å². The number of benzene rings is 2. The molecule has 0 unspecified atom stereocenters. The first-order valence-corrected chi connectivity index (χ1v) is 7.30. The second-order valence-corrected chi connectivity index (χ2v) is 5.80. The van der Waals surface area contributed by atoms with E-state index in [0.29, 0.717) is 5.75 Å². The average molecular weight is 290 g/mol. The lowest BCUT2D eigenvalue weighted by Gasteiger charge is -2.10. The molecule has 20 heavy (non-hydrogen) atoms. The Morgan fingerprint density at radius 1 is 1.05 bits per heavy atom. The van der Waals surface area contributed by atoms with Gasteiger partial charge in [0.15, 0.2) is 0 Å². The minimum atomic E-state index is -1.65. The zero-order valence-electron chi connectivity index (χ0n) is 11.4. The molecule has 5 heteroatoms. The Labute approximate surface area is 122 Å². The monoisotopic (exact) mass is 290 g/mol. The maximum atomic E-state index is 13.1. The summed E-state index contributed by atoms with van der Waals surface area (Å²) in [6.45, 7) is 4.12. The van der Waals surface area contributed by atoms with E-state index in [-0.39, 0.29) is 5.46 Å². The molecule has 0 heterocycles. The zero-order valence-corrected chi connectivity index (χ0v) is 12.2. The fourth-order valence-corrected chi connectivity index (χ4v) is 2.91. The van der Waals surface area contributed by atoms with Gasteiger partial charge in [-0.2, -0.15) is 0 Å². The fraction of sp³-hybridized carbons (Fsp3) is 0.200. The molecular formula is C15H16BFO2S. The number of rotatable bonds is 4. The van der Waals surface area contributed by atoms with Crippen LogP contribution < -0.4 is 5.46 Å². The molecular weight excluding hydrogens is 274 g/mol. The number of hydrogen-bond donors (Lipinski definition) is 2. The topological polar surface area (TPSA) is 40.5 Å². The Morgan fingerprint density at radius 3 is 2.45 bits per heavy atom. The zero-order chi connectivity index (χ0) is 14.7. The van der Waals surface area contributed by atoms with E-state index >= 15 is 0 Å². The first kappa shape index (κ1) is 15.1. The van der Waals surface area contributed by atoms with Gasteiger partial charge in [0.25, 0.3) is 0 Å². The smallest absolute Gasteiger partial charge is 0.423 e. The van der Waals surface area contributed by atoms with E-state index < -0.39 is 12.9 Å². The molecule has 0 saturated carbocycles. The molecule has 0 radical (unpaired) electrons. The Kier molecular flexibility index (Phi) is 4.86. The summed E-state index contributed by atoms with van der Waals surface area (Å²) in [7, 11) is -1.65. The van der Waals surface area contributed by atoms with Gasteiger partial charge in [-0.15, -0.1) is 11.8 Å². The van der Waals surface area contributed by atoms with Crippen LogP contribution in [0.1, 0.15) is 16.7 Å². The quantitative estimate of drug-likeness (QED) is 0.671. The highest BCUT2D eigenvalue weighted by molar-refractivity contribution is 7.98. The average Bonchev–Trinajstić information content (AvgIpc) is 2.41.